The summed E-state index contributed by atoms with van der Waals surface area (Å²) in [5.74, 6) is 17.2. The monoisotopic (exact) mass is 1630 g/mol. The van der Waals surface area contributed by atoms with Crippen LogP contribution in [0, 0.1) is 180 Å². The normalized spacial score (nSPS) is 37.9. The molecule has 0 spiro atoms. The van der Waals surface area contributed by atoms with Gasteiger partial charge in [0, 0.05) is 12.2 Å². The van der Waals surface area contributed by atoms with Crippen molar-refractivity contribution in [2.45, 2.75) is 227 Å². The molecule has 14 saturated carbocycles. The molecule has 16 nitrogen and oxygen atoms in total. The zero-order valence-corrected chi connectivity index (χ0v) is 72.1. The van der Waals surface area contributed by atoms with Gasteiger partial charge in [-0.2, -0.15) is 19.2 Å². The van der Waals surface area contributed by atoms with Gasteiger partial charge in [0.2, 0.25) is 0 Å². The zero-order valence-electron chi connectivity index (χ0n) is 72.1. The second-order valence-corrected chi connectivity index (χ2v) is 39.5. The molecule has 2 aromatic carbocycles. The topological polar surface area (TPSA) is 226 Å². The van der Waals surface area contributed by atoms with Crippen molar-refractivity contribution in [3.63, 3.8) is 0 Å². The minimum Gasteiger partial charge on any atom is -0.469 e. The first kappa shape index (κ1) is 88.7. The second kappa shape index (κ2) is 40.7. The van der Waals surface area contributed by atoms with E-state index >= 15 is 0 Å². The van der Waals surface area contributed by atoms with Crippen LogP contribution < -0.4 is 0 Å². The largest absolute Gasteiger partial charge is 0.469 e. The van der Waals surface area contributed by atoms with Gasteiger partial charge in [0.1, 0.15) is 11.2 Å². The van der Waals surface area contributed by atoms with Crippen LogP contribution in [0.5, 0.6) is 0 Å². The van der Waals surface area contributed by atoms with Crippen molar-refractivity contribution in [2.24, 2.45) is 166 Å². The Bertz CT molecular complexity index is 3970. The van der Waals surface area contributed by atoms with Gasteiger partial charge in [-0.25, -0.2) is 9.59 Å². The maximum atomic E-state index is 12.9. The first-order valence-electron chi connectivity index (χ1n) is 46.1. The summed E-state index contributed by atoms with van der Waals surface area (Å²) in [5, 5.41) is 0. The Balaban J connectivity index is 0.000000123. The van der Waals surface area contributed by atoms with Crippen LogP contribution in [0.3, 0.4) is 0 Å². The van der Waals surface area contributed by atoms with E-state index in [-0.39, 0.29) is 83.0 Å². The number of rotatable bonds is 21. The zero-order chi connectivity index (χ0) is 84.1. The van der Waals surface area contributed by atoms with Crippen molar-refractivity contribution in [3.8, 4) is 0 Å². The predicted octanol–water partition coefficient (Wildman–Crippen LogP) is 20.2. The van der Waals surface area contributed by atoms with E-state index < -0.39 is 0 Å². The van der Waals surface area contributed by atoms with Crippen LogP contribution in [-0.2, 0) is 76.4 Å². The molecule has 20 bridgehead atoms. The molecule has 0 aliphatic heterocycles. The van der Waals surface area contributed by atoms with Crippen molar-refractivity contribution in [1.82, 2.24) is 0 Å². The molecule has 119 heavy (non-hydrogen) atoms. The number of ether oxygens (including phenoxy) is 6. The van der Waals surface area contributed by atoms with Crippen LogP contribution in [-0.4, -0.2) is 86.3 Å². The first-order chi connectivity index (χ1) is 57.5. The molecule has 20 atom stereocenters. The third-order valence-corrected chi connectivity index (χ3v) is 32.1. The molecule has 22 rings (SSSR count). The van der Waals surface area contributed by atoms with Crippen LogP contribution >= 0.6 is 0 Å². The van der Waals surface area contributed by atoms with Crippen LogP contribution in [0.2, 0.25) is 0 Å². The van der Waals surface area contributed by atoms with Crippen LogP contribution in [0.25, 0.3) is 12.2 Å². The summed E-state index contributed by atoms with van der Waals surface area (Å²) in [5.41, 5.74) is 4.24. The maximum absolute atomic E-state index is 12.9. The molecule has 14 fully saturated rings. The van der Waals surface area contributed by atoms with Crippen LogP contribution in [0.1, 0.15) is 224 Å². The number of fused-ring (bicyclic) bond motifs is 12. The number of aryl methyl sites for hydroxylation is 2. The number of hydrogen-bond donors (Lipinski definition) is 0. The summed E-state index contributed by atoms with van der Waals surface area (Å²) in [7, 11) is 1.47. The van der Waals surface area contributed by atoms with Crippen LogP contribution in [0.4, 0.5) is 0 Å². The summed E-state index contributed by atoms with van der Waals surface area (Å²) in [6.07, 6.45) is 66.8. The molecule has 642 valence electrons. The van der Waals surface area contributed by atoms with Gasteiger partial charge in [-0.3, -0.25) is 19.2 Å². The number of carbonyl (C=O) groups is 6. The molecule has 0 amide bonds. The number of carbonyl (C=O) groups excluding carboxylic acids is 10. The molecule has 0 heterocycles. The van der Waals surface area contributed by atoms with Gasteiger partial charge in [0.15, 0.2) is 0 Å². The lowest BCUT2D eigenvalue weighted by molar-refractivity contribution is -0.215. The van der Waals surface area contributed by atoms with Crippen molar-refractivity contribution in [2.75, 3.05) is 26.9 Å². The van der Waals surface area contributed by atoms with E-state index in [1.165, 1.54) is 159 Å². The highest BCUT2D eigenvalue weighted by atomic mass is 16.6. The summed E-state index contributed by atoms with van der Waals surface area (Å²) < 4.78 is 33.3. The van der Waals surface area contributed by atoms with E-state index in [0.29, 0.717) is 90.8 Å². The van der Waals surface area contributed by atoms with Gasteiger partial charge in [-0.05, 0) is 360 Å². The molecular weight excluding hydrogens is 1490 g/mol. The average molecular weight is 1630 g/mol. The van der Waals surface area contributed by atoms with E-state index in [0.717, 1.165) is 121 Å². The van der Waals surface area contributed by atoms with Crippen molar-refractivity contribution >= 4 is 60.3 Å². The van der Waals surface area contributed by atoms with E-state index in [9.17, 15) is 28.8 Å². The van der Waals surface area contributed by atoms with E-state index in [1.54, 1.807) is 0 Å². The molecule has 16 heteroatoms. The van der Waals surface area contributed by atoms with Gasteiger partial charge in [-0.15, -0.1) is 0 Å². The number of benzene rings is 2. The van der Waals surface area contributed by atoms with Gasteiger partial charge in [0.25, 0.3) is 0 Å². The summed E-state index contributed by atoms with van der Waals surface area (Å²) in [4.78, 5) is 105. The van der Waals surface area contributed by atoms with Crippen molar-refractivity contribution in [3.05, 3.63) is 156 Å². The first-order valence-corrected chi connectivity index (χ1v) is 46.1. The fourth-order valence-electron chi connectivity index (χ4n) is 26.2. The molecule has 0 aromatic heterocycles. The van der Waals surface area contributed by atoms with Gasteiger partial charge in [-0.1, -0.05) is 153 Å². The Kier molecular flexibility index (Phi) is 30.4. The quantitative estimate of drug-likeness (QED) is 0.0490. The molecule has 20 aliphatic carbocycles. The third kappa shape index (κ3) is 21.9. The Labute approximate surface area is 707 Å². The van der Waals surface area contributed by atoms with Gasteiger partial charge in [0.05, 0.1) is 50.6 Å². The fraction of sp³-hybridized carbons (Fsp3) is 0.650. The van der Waals surface area contributed by atoms with Crippen LogP contribution in [0.15, 0.2) is 134 Å². The molecule has 0 saturated heterocycles. The minimum absolute atomic E-state index is 0.0109. The second-order valence-electron chi connectivity index (χ2n) is 39.5. The van der Waals surface area contributed by atoms with Crippen molar-refractivity contribution < 1.29 is 76.4 Å². The summed E-state index contributed by atoms with van der Waals surface area (Å²) >= 11 is 0. The Morgan fingerprint density at radius 3 is 1.08 bits per heavy atom. The predicted molar refractivity (Wildman–Crippen MR) is 454 cm³/mol. The van der Waals surface area contributed by atoms with E-state index in [2.05, 4.69) is 93.7 Å². The SMILES string of the molecule is CC1(OC(=O)C2CC3C=CC2C3)C2CC3CC(C2)CC1C3.CCC1(OC(=O)C2CC3C=CC2C3)C2CC3CC(C2)CC1C3.CCOC(=O)C(CC)CC1CC2C=CC1C2.COC(=O)C(C)CC1CC2C=CC1C2.Cc1ccc(/C=C/C(=O)OCC2CC3C=CC2C3)cc1.Cc1ccc(/C=C/C(=O)OCC2CC3C=CC2C3)cc1.O=C=O.O=C=O. The Hall–Kier alpha value is -8.06. The molecule has 20 unspecified atom stereocenters. The Morgan fingerprint density at radius 2 is 0.756 bits per heavy atom. The molecule has 20 aliphatic rings. The smallest absolute Gasteiger partial charge is 0.373 e. The lowest BCUT2D eigenvalue weighted by atomic mass is 9.49. The number of esters is 6. The minimum atomic E-state index is -0.239. The number of methoxy groups -OCH3 is 1. The highest BCUT2D eigenvalue weighted by molar-refractivity contribution is 5.87. The van der Waals surface area contributed by atoms with E-state index in [1.807, 2.05) is 88.4 Å². The van der Waals surface area contributed by atoms with Gasteiger partial charge < -0.3 is 28.4 Å². The lowest BCUT2D eigenvalue weighted by Gasteiger charge is -2.60. The average Bonchev–Trinajstić information content (AvgIpc) is 1.24. The molecule has 0 N–H and O–H groups in total. The standard InChI is InChI=1S/C20H28O2.C19H26O2.2C18H20O2.C14H22O2.C12H18O2.2CO2/c1-2-20(16-7-13-5-14(9-16)10-17(20)8-13)22-19(21)18-11-12-3-4-15(18)6-12;1-19(15-6-12-4-13(8-15)9-16(19)7-12)21-18(20)17-10-11-2-3-14(17)5-11;2*1-13-2-4-14(5-3-13)7-9-18(19)20-12-17-11-15-6-8-16(17)10-15;1-3-11(14(15)16-4-2)9-13-8-10-5-6-12(13)7-10;1-8(12(13)14-2)5-11-7-9-3-4-10(11)6-9;2*2-1-3/h3-4,12-18H,2,5-11H2,1H3;2-3,11-17H,4-10H2,1H3;2*2-9,15-17H,10-12H2,1H3;5-6,10-13H,3-4,7-9H2,1-2H3;3-4,8-11H,5-7H2,1-2H3;;/b;;2*9-7+;;;;. The molecule has 0 radical (unpaired) electrons. The molecule has 2 aromatic rings. The number of allylic oxidation sites excluding steroid dienone is 12. The highest BCUT2D eigenvalue weighted by Gasteiger charge is 2.61. The Morgan fingerprint density at radius 1 is 0.412 bits per heavy atom. The lowest BCUT2D eigenvalue weighted by Crippen LogP contribution is -2.59. The highest BCUT2D eigenvalue weighted by Crippen LogP contribution is 2.63. The van der Waals surface area contributed by atoms with Crippen molar-refractivity contribution in [1.29, 1.82) is 0 Å². The number of hydrogen-bond acceptors (Lipinski definition) is 16. The summed E-state index contributed by atoms with van der Waals surface area (Å²) in [6, 6.07) is 16.1. The maximum Gasteiger partial charge on any atom is 0.373 e. The molecular formula is C103H134O16. The summed E-state index contributed by atoms with van der Waals surface area (Å²) in [6.45, 7) is 16.2. The van der Waals surface area contributed by atoms with E-state index in [4.69, 9.17) is 47.6 Å². The third-order valence-electron chi connectivity index (χ3n) is 32.1. The fourth-order valence-corrected chi connectivity index (χ4v) is 26.2. The van der Waals surface area contributed by atoms with Gasteiger partial charge >= 0.3 is 48.1 Å².